The van der Waals surface area contributed by atoms with Crippen LogP contribution in [-0.4, -0.2) is 23.8 Å². The van der Waals surface area contributed by atoms with Crippen molar-refractivity contribution in [3.63, 3.8) is 0 Å². The molecule has 82 valence electrons. The van der Waals surface area contributed by atoms with Crippen molar-refractivity contribution >= 4 is 5.84 Å². The molecule has 0 radical (unpaired) electrons. The van der Waals surface area contributed by atoms with Crippen molar-refractivity contribution in [3.05, 3.63) is 0 Å². The van der Waals surface area contributed by atoms with E-state index in [0.717, 1.165) is 18.9 Å². The molecule has 2 heteroatoms. The summed E-state index contributed by atoms with van der Waals surface area (Å²) < 4.78 is 0. The van der Waals surface area contributed by atoms with E-state index >= 15 is 0 Å². The smallest absolute Gasteiger partial charge is 0.0983 e. The highest BCUT2D eigenvalue weighted by Gasteiger charge is 2.13. The van der Waals surface area contributed by atoms with Gasteiger partial charge in [-0.1, -0.05) is 39.5 Å². The largest absolute Gasteiger partial charge is 0.360 e. The van der Waals surface area contributed by atoms with Gasteiger partial charge >= 0.3 is 0 Å². The second-order valence-corrected chi connectivity index (χ2v) is 4.65. The Kier molecular flexibility index (Phi) is 4.99. The lowest BCUT2D eigenvalue weighted by Gasteiger charge is -2.26. The zero-order chi connectivity index (χ0) is 10.4. The van der Waals surface area contributed by atoms with Crippen LogP contribution in [0.1, 0.15) is 52.4 Å². The van der Waals surface area contributed by atoms with Crippen molar-refractivity contribution in [2.45, 2.75) is 52.4 Å². The Morgan fingerprint density at radius 2 is 1.36 bits per heavy atom. The minimum absolute atomic E-state index is 0.385. The third kappa shape index (κ3) is 3.69. The first-order valence-electron chi connectivity index (χ1n) is 6.05. The van der Waals surface area contributed by atoms with E-state index in [4.69, 9.17) is 5.41 Å². The number of amidine groups is 1. The molecule has 0 bridgehead atoms. The number of hydrogen-bond donors (Lipinski definition) is 1. The first kappa shape index (κ1) is 11.5. The van der Waals surface area contributed by atoms with E-state index < -0.39 is 0 Å². The summed E-state index contributed by atoms with van der Waals surface area (Å²) >= 11 is 0. The standard InChI is InChI=1S/C12H24N2/c1-11(2)12(13)14-9-7-5-3-4-6-8-10-14/h11,13H,3-10H2,1-2H3. The molecule has 1 fully saturated rings. The first-order chi connectivity index (χ1) is 6.72. The van der Waals surface area contributed by atoms with Crippen LogP contribution in [0.5, 0.6) is 0 Å². The molecule has 0 spiro atoms. The Balaban J connectivity index is 2.43. The van der Waals surface area contributed by atoms with E-state index in [0.29, 0.717) is 5.92 Å². The first-order valence-corrected chi connectivity index (χ1v) is 6.05. The number of hydrogen-bond acceptors (Lipinski definition) is 1. The second-order valence-electron chi connectivity index (χ2n) is 4.65. The molecule has 2 nitrogen and oxygen atoms in total. The fourth-order valence-corrected chi connectivity index (χ4v) is 2.03. The molecule has 0 aromatic rings. The van der Waals surface area contributed by atoms with Gasteiger partial charge in [0.05, 0.1) is 5.84 Å². The van der Waals surface area contributed by atoms with Crippen LogP contribution in [0.3, 0.4) is 0 Å². The zero-order valence-electron chi connectivity index (χ0n) is 9.68. The van der Waals surface area contributed by atoms with Crippen LogP contribution < -0.4 is 0 Å². The lowest BCUT2D eigenvalue weighted by molar-refractivity contribution is 0.385. The van der Waals surface area contributed by atoms with E-state index in [-0.39, 0.29) is 0 Å². The quantitative estimate of drug-likeness (QED) is 0.506. The highest BCUT2D eigenvalue weighted by molar-refractivity contribution is 5.80. The predicted octanol–water partition coefficient (Wildman–Crippen LogP) is 3.28. The topological polar surface area (TPSA) is 27.1 Å². The van der Waals surface area contributed by atoms with E-state index in [9.17, 15) is 0 Å². The number of nitrogens with one attached hydrogen (secondary N) is 1. The summed E-state index contributed by atoms with van der Waals surface area (Å²) in [6.07, 6.45) is 8.03. The summed E-state index contributed by atoms with van der Waals surface area (Å²) in [5, 5.41) is 8.00. The van der Waals surface area contributed by atoms with Crippen molar-refractivity contribution in [1.29, 1.82) is 5.41 Å². The molecule has 1 aliphatic heterocycles. The fraction of sp³-hybridized carbons (Fsp3) is 0.917. The highest BCUT2D eigenvalue weighted by atomic mass is 15.2. The Morgan fingerprint density at radius 3 is 1.79 bits per heavy atom. The molecule has 0 atom stereocenters. The zero-order valence-corrected chi connectivity index (χ0v) is 9.68. The fourth-order valence-electron chi connectivity index (χ4n) is 2.03. The summed E-state index contributed by atoms with van der Waals surface area (Å²) in [7, 11) is 0. The third-order valence-corrected chi connectivity index (χ3v) is 2.99. The van der Waals surface area contributed by atoms with Gasteiger partial charge in [0, 0.05) is 19.0 Å². The van der Waals surface area contributed by atoms with Gasteiger partial charge in [-0.3, -0.25) is 5.41 Å². The molecule has 0 unspecified atom stereocenters. The Hall–Kier alpha value is -0.530. The van der Waals surface area contributed by atoms with Gasteiger partial charge in [0.25, 0.3) is 0 Å². The lowest BCUT2D eigenvalue weighted by Crippen LogP contribution is -2.35. The van der Waals surface area contributed by atoms with Crippen LogP contribution in [0.15, 0.2) is 0 Å². The van der Waals surface area contributed by atoms with Gasteiger partial charge in [-0.15, -0.1) is 0 Å². The Bertz CT molecular complexity index is 165. The molecule has 1 N–H and O–H groups in total. The maximum absolute atomic E-state index is 8.00. The van der Waals surface area contributed by atoms with Crippen LogP contribution in [0.25, 0.3) is 0 Å². The maximum atomic E-state index is 8.00. The van der Waals surface area contributed by atoms with Crippen molar-refractivity contribution < 1.29 is 0 Å². The SMILES string of the molecule is CC(C)C(=N)N1CCCCCCCC1. The predicted molar refractivity (Wildman–Crippen MR) is 61.8 cm³/mol. The third-order valence-electron chi connectivity index (χ3n) is 2.99. The summed E-state index contributed by atoms with van der Waals surface area (Å²) in [6.45, 7) is 6.46. The molecule has 1 saturated heterocycles. The van der Waals surface area contributed by atoms with Crippen molar-refractivity contribution in [1.82, 2.24) is 4.90 Å². The van der Waals surface area contributed by atoms with E-state index in [1.54, 1.807) is 0 Å². The summed E-state index contributed by atoms with van der Waals surface area (Å²) in [6, 6.07) is 0. The van der Waals surface area contributed by atoms with Gasteiger partial charge in [0.2, 0.25) is 0 Å². The average molecular weight is 196 g/mol. The second kappa shape index (κ2) is 6.05. The van der Waals surface area contributed by atoms with Crippen LogP contribution in [0, 0.1) is 11.3 Å². The van der Waals surface area contributed by atoms with Gasteiger partial charge in [-0.25, -0.2) is 0 Å². The summed E-state index contributed by atoms with van der Waals surface area (Å²) in [4.78, 5) is 2.29. The molecule has 0 saturated carbocycles. The van der Waals surface area contributed by atoms with E-state index in [1.165, 1.54) is 38.5 Å². The highest BCUT2D eigenvalue weighted by Crippen LogP contribution is 2.13. The normalized spacial score (nSPS) is 20.1. The molecule has 0 aromatic carbocycles. The maximum Gasteiger partial charge on any atom is 0.0983 e. The Morgan fingerprint density at radius 1 is 0.929 bits per heavy atom. The molecule has 1 aliphatic rings. The van der Waals surface area contributed by atoms with Crippen LogP contribution >= 0.6 is 0 Å². The van der Waals surface area contributed by atoms with Crippen LogP contribution in [-0.2, 0) is 0 Å². The number of nitrogens with zero attached hydrogens (tertiary/aromatic N) is 1. The average Bonchev–Trinajstić information content (AvgIpc) is 2.29. The van der Waals surface area contributed by atoms with E-state index in [1.807, 2.05) is 0 Å². The van der Waals surface area contributed by atoms with Crippen LogP contribution in [0.4, 0.5) is 0 Å². The Labute approximate surface area is 88.2 Å². The van der Waals surface area contributed by atoms with Gasteiger partial charge in [0.15, 0.2) is 0 Å². The molecule has 1 heterocycles. The van der Waals surface area contributed by atoms with Gasteiger partial charge < -0.3 is 4.90 Å². The summed E-state index contributed by atoms with van der Waals surface area (Å²) in [5.74, 6) is 1.22. The molecule has 14 heavy (non-hydrogen) atoms. The monoisotopic (exact) mass is 196 g/mol. The number of rotatable bonds is 1. The van der Waals surface area contributed by atoms with Crippen molar-refractivity contribution in [3.8, 4) is 0 Å². The van der Waals surface area contributed by atoms with Crippen molar-refractivity contribution in [2.24, 2.45) is 5.92 Å². The molecule has 0 aromatic heterocycles. The molecule has 0 amide bonds. The minimum Gasteiger partial charge on any atom is -0.360 e. The molecule has 0 aliphatic carbocycles. The van der Waals surface area contributed by atoms with Crippen LogP contribution in [0.2, 0.25) is 0 Å². The summed E-state index contributed by atoms with van der Waals surface area (Å²) in [5.41, 5.74) is 0. The van der Waals surface area contributed by atoms with Crippen molar-refractivity contribution in [2.75, 3.05) is 13.1 Å². The van der Waals surface area contributed by atoms with Gasteiger partial charge in [-0.2, -0.15) is 0 Å². The lowest BCUT2D eigenvalue weighted by atomic mass is 10.1. The molecule has 1 rings (SSSR count). The molecular weight excluding hydrogens is 172 g/mol. The van der Waals surface area contributed by atoms with Gasteiger partial charge in [-0.05, 0) is 12.8 Å². The minimum atomic E-state index is 0.385. The van der Waals surface area contributed by atoms with Gasteiger partial charge in [0.1, 0.15) is 0 Å². The van der Waals surface area contributed by atoms with E-state index in [2.05, 4.69) is 18.7 Å². The molecular formula is C12H24N2.